The van der Waals surface area contributed by atoms with Gasteiger partial charge in [0.25, 0.3) is 0 Å². The van der Waals surface area contributed by atoms with Crippen LogP contribution >= 0.6 is 0 Å². The highest BCUT2D eigenvalue weighted by Gasteiger charge is 2.35. The van der Waals surface area contributed by atoms with Crippen molar-refractivity contribution in [3.63, 3.8) is 0 Å². The number of carbonyl (C=O) groups is 2. The third kappa shape index (κ3) is 1.79. The van der Waals surface area contributed by atoms with Gasteiger partial charge >= 0.3 is 0 Å². The zero-order valence-corrected chi connectivity index (χ0v) is 9.50. The van der Waals surface area contributed by atoms with Gasteiger partial charge in [-0.1, -0.05) is 11.1 Å². The first-order valence-electron chi connectivity index (χ1n) is 6.24. The second-order valence-electron chi connectivity index (χ2n) is 5.21. The largest absolute Gasteiger partial charge is 0.338 e. The van der Waals surface area contributed by atoms with E-state index in [9.17, 15) is 9.59 Å². The third-order valence-corrected chi connectivity index (χ3v) is 3.92. The molecule has 3 nitrogen and oxygen atoms in total. The molecule has 0 aromatic heterocycles. The maximum Gasteiger partial charge on any atom is 0.225 e. The molecule has 1 fully saturated rings. The summed E-state index contributed by atoms with van der Waals surface area (Å²) in [6.07, 6.45) is 5.33. The maximum atomic E-state index is 11.9. The predicted octanol–water partition coefficient (Wildman–Crippen LogP) is 1.68. The van der Waals surface area contributed by atoms with Gasteiger partial charge in [-0.2, -0.15) is 0 Å². The van der Waals surface area contributed by atoms with Gasteiger partial charge in [-0.25, -0.2) is 0 Å². The first kappa shape index (κ1) is 10.1. The second kappa shape index (κ2) is 3.72. The van der Waals surface area contributed by atoms with Crippen LogP contribution in [0.3, 0.4) is 0 Å². The monoisotopic (exact) mass is 219 g/mol. The van der Waals surface area contributed by atoms with E-state index in [0.717, 1.165) is 38.8 Å². The molecular formula is C13H17NO2. The highest BCUT2D eigenvalue weighted by molar-refractivity contribution is 5.84. The van der Waals surface area contributed by atoms with Crippen molar-refractivity contribution in [1.82, 2.24) is 4.90 Å². The maximum absolute atomic E-state index is 11.9. The second-order valence-corrected chi connectivity index (χ2v) is 5.21. The average Bonchev–Trinajstić information content (AvgIpc) is 3.11. The zero-order chi connectivity index (χ0) is 11.1. The topological polar surface area (TPSA) is 37.4 Å². The Labute approximate surface area is 95.5 Å². The molecule has 16 heavy (non-hydrogen) atoms. The molecule has 3 heteroatoms. The normalized spacial score (nSPS) is 25.8. The summed E-state index contributed by atoms with van der Waals surface area (Å²) in [4.78, 5) is 25.3. The highest BCUT2D eigenvalue weighted by atomic mass is 16.2. The van der Waals surface area contributed by atoms with Crippen LogP contribution in [-0.4, -0.2) is 29.7 Å². The number of hydrogen-bond donors (Lipinski definition) is 0. The molecule has 0 atom stereocenters. The molecule has 1 amide bonds. The fourth-order valence-electron chi connectivity index (χ4n) is 2.73. The molecule has 0 N–H and O–H groups in total. The molecule has 0 bridgehead atoms. The summed E-state index contributed by atoms with van der Waals surface area (Å²) in [7, 11) is 0. The lowest BCUT2D eigenvalue weighted by molar-refractivity contribution is -0.132. The molecule has 0 unspecified atom stereocenters. The lowest BCUT2D eigenvalue weighted by atomic mass is 9.86. The van der Waals surface area contributed by atoms with E-state index >= 15 is 0 Å². The lowest BCUT2D eigenvalue weighted by Crippen LogP contribution is -2.39. The Morgan fingerprint density at radius 2 is 1.94 bits per heavy atom. The van der Waals surface area contributed by atoms with Crippen molar-refractivity contribution in [1.29, 1.82) is 0 Å². The van der Waals surface area contributed by atoms with Crippen molar-refractivity contribution < 1.29 is 9.59 Å². The van der Waals surface area contributed by atoms with E-state index in [-0.39, 0.29) is 0 Å². The van der Waals surface area contributed by atoms with E-state index in [4.69, 9.17) is 0 Å². The number of ketones is 1. The summed E-state index contributed by atoms with van der Waals surface area (Å²) in [5.74, 6) is 1.05. The minimum Gasteiger partial charge on any atom is -0.338 e. The van der Waals surface area contributed by atoms with Crippen molar-refractivity contribution in [3.05, 3.63) is 11.1 Å². The van der Waals surface area contributed by atoms with Gasteiger partial charge < -0.3 is 4.90 Å². The molecule has 0 saturated heterocycles. The summed E-state index contributed by atoms with van der Waals surface area (Å²) in [5, 5.41) is 0. The van der Waals surface area contributed by atoms with Gasteiger partial charge in [-0.3, -0.25) is 9.59 Å². The van der Waals surface area contributed by atoms with Crippen LogP contribution in [0.1, 0.15) is 38.5 Å². The van der Waals surface area contributed by atoms with E-state index in [0.29, 0.717) is 30.4 Å². The lowest BCUT2D eigenvalue weighted by Gasteiger charge is -2.33. The van der Waals surface area contributed by atoms with Crippen molar-refractivity contribution in [2.24, 2.45) is 5.92 Å². The average molecular weight is 219 g/mol. The molecule has 1 saturated carbocycles. The molecule has 3 rings (SSSR count). The van der Waals surface area contributed by atoms with Gasteiger partial charge in [0.05, 0.1) is 0 Å². The van der Waals surface area contributed by atoms with E-state index < -0.39 is 0 Å². The van der Waals surface area contributed by atoms with Gasteiger partial charge in [0.2, 0.25) is 5.91 Å². The van der Waals surface area contributed by atoms with E-state index in [1.165, 1.54) is 11.1 Å². The van der Waals surface area contributed by atoms with Crippen molar-refractivity contribution >= 4 is 11.7 Å². The Balaban J connectivity index is 1.71. The Bertz CT molecular complexity index is 379. The molecule has 3 aliphatic rings. The number of Topliss-reactive ketones (excluding diaryl/α,β-unsaturated/α-hetero) is 1. The third-order valence-electron chi connectivity index (χ3n) is 3.92. The molecule has 2 aliphatic carbocycles. The van der Waals surface area contributed by atoms with Crippen LogP contribution in [-0.2, 0) is 9.59 Å². The Morgan fingerprint density at radius 3 is 2.69 bits per heavy atom. The quantitative estimate of drug-likeness (QED) is 0.629. The van der Waals surface area contributed by atoms with Crippen LogP contribution in [0.15, 0.2) is 11.1 Å². The molecule has 1 aliphatic heterocycles. The number of rotatable bonds is 1. The molecular weight excluding hydrogens is 202 g/mol. The van der Waals surface area contributed by atoms with Gasteiger partial charge in [-0.05, 0) is 25.7 Å². The molecule has 0 spiro atoms. The minimum absolute atomic E-state index is 0.326. The van der Waals surface area contributed by atoms with Crippen molar-refractivity contribution in [3.8, 4) is 0 Å². The van der Waals surface area contributed by atoms with Crippen molar-refractivity contribution in [2.75, 3.05) is 13.1 Å². The minimum atomic E-state index is 0.326. The standard InChI is InChI=1S/C13H17NO2/c15-12-4-3-11-8-14(6-5-10(11)7-12)13(16)9-1-2-9/h9H,1-8H2. The Kier molecular flexibility index (Phi) is 2.34. The highest BCUT2D eigenvalue weighted by Crippen LogP contribution is 2.34. The van der Waals surface area contributed by atoms with E-state index in [1.54, 1.807) is 0 Å². The van der Waals surface area contributed by atoms with Gasteiger partial charge in [0.15, 0.2) is 0 Å². The Morgan fingerprint density at radius 1 is 1.12 bits per heavy atom. The smallest absolute Gasteiger partial charge is 0.225 e. The number of amides is 1. The summed E-state index contributed by atoms with van der Waals surface area (Å²) >= 11 is 0. The van der Waals surface area contributed by atoms with Crippen LogP contribution in [0.25, 0.3) is 0 Å². The van der Waals surface area contributed by atoms with E-state index in [2.05, 4.69) is 0 Å². The zero-order valence-electron chi connectivity index (χ0n) is 9.50. The van der Waals surface area contributed by atoms with Crippen LogP contribution < -0.4 is 0 Å². The number of nitrogens with zero attached hydrogens (tertiary/aromatic N) is 1. The summed E-state index contributed by atoms with van der Waals surface area (Å²) in [5.41, 5.74) is 2.70. The Hall–Kier alpha value is -1.12. The summed E-state index contributed by atoms with van der Waals surface area (Å²) < 4.78 is 0. The summed E-state index contributed by atoms with van der Waals surface area (Å²) in [6, 6.07) is 0. The van der Waals surface area contributed by atoms with Gasteiger partial charge in [0, 0.05) is 31.8 Å². The summed E-state index contributed by atoms with van der Waals surface area (Å²) in [6.45, 7) is 1.64. The number of hydrogen-bond acceptors (Lipinski definition) is 2. The van der Waals surface area contributed by atoms with Crippen molar-refractivity contribution in [2.45, 2.75) is 38.5 Å². The van der Waals surface area contributed by atoms with Gasteiger partial charge in [-0.15, -0.1) is 0 Å². The fourth-order valence-corrected chi connectivity index (χ4v) is 2.73. The van der Waals surface area contributed by atoms with Crippen LogP contribution in [0.2, 0.25) is 0 Å². The predicted molar refractivity (Wildman–Crippen MR) is 59.8 cm³/mol. The fraction of sp³-hybridized carbons (Fsp3) is 0.692. The SMILES string of the molecule is O=C1CCC2=C(CCN(C(=O)C3CC3)C2)C1. The first-order valence-corrected chi connectivity index (χ1v) is 6.24. The molecule has 0 radical (unpaired) electrons. The van der Waals surface area contributed by atoms with Crippen LogP contribution in [0, 0.1) is 5.92 Å². The number of carbonyl (C=O) groups excluding carboxylic acids is 2. The van der Waals surface area contributed by atoms with E-state index in [1.807, 2.05) is 4.90 Å². The molecule has 0 aromatic rings. The van der Waals surface area contributed by atoms with Gasteiger partial charge in [0.1, 0.15) is 5.78 Å². The first-order chi connectivity index (χ1) is 7.74. The molecule has 86 valence electrons. The van der Waals surface area contributed by atoms with Crippen LogP contribution in [0.5, 0.6) is 0 Å². The molecule has 0 aromatic carbocycles. The molecule has 1 heterocycles. The van der Waals surface area contributed by atoms with Crippen LogP contribution in [0.4, 0.5) is 0 Å².